The lowest BCUT2D eigenvalue weighted by Crippen LogP contribution is -2.46. The molecule has 9 heteroatoms. The van der Waals surface area contributed by atoms with Crippen LogP contribution in [0.2, 0.25) is 0 Å². The summed E-state index contributed by atoms with van der Waals surface area (Å²) in [6, 6.07) is 9.07. The molecule has 29 heavy (non-hydrogen) atoms. The van der Waals surface area contributed by atoms with E-state index in [1.807, 2.05) is 7.05 Å². The molecule has 1 aliphatic rings. The van der Waals surface area contributed by atoms with E-state index in [1.165, 1.54) is 11.1 Å². The van der Waals surface area contributed by atoms with E-state index in [9.17, 15) is 0 Å². The summed E-state index contributed by atoms with van der Waals surface area (Å²) in [7, 11) is 1.88. The molecule has 1 unspecified atom stereocenters. The minimum Gasteiger partial charge on any atom is -0.379 e. The molecule has 0 radical (unpaired) electrons. The van der Waals surface area contributed by atoms with E-state index in [2.05, 4.69) is 68.7 Å². The van der Waals surface area contributed by atoms with Crippen LogP contribution >= 0.6 is 24.0 Å². The van der Waals surface area contributed by atoms with Crippen molar-refractivity contribution in [2.45, 2.75) is 26.4 Å². The standard InChI is InChI=1S/C20H31N7O.HI/c1-4-21-20(23-14-19-24-15-25-26(19)3)22-13-18(27-9-11-28-12-10-27)17-7-5-16(2)6-8-17;/h5-8,15,18H,4,9-14H2,1-3H3,(H2,21,22,23);1H. The van der Waals surface area contributed by atoms with Gasteiger partial charge in [-0.15, -0.1) is 24.0 Å². The van der Waals surface area contributed by atoms with Gasteiger partial charge in [0.1, 0.15) is 18.7 Å². The maximum atomic E-state index is 5.55. The maximum Gasteiger partial charge on any atom is 0.191 e. The zero-order chi connectivity index (χ0) is 19.8. The first-order valence-corrected chi connectivity index (χ1v) is 9.90. The van der Waals surface area contributed by atoms with Gasteiger partial charge in [0, 0.05) is 33.2 Å². The third-order valence-corrected chi connectivity index (χ3v) is 4.94. The van der Waals surface area contributed by atoms with Gasteiger partial charge in [0.2, 0.25) is 0 Å². The number of halogens is 1. The van der Waals surface area contributed by atoms with E-state index >= 15 is 0 Å². The predicted molar refractivity (Wildman–Crippen MR) is 126 cm³/mol. The van der Waals surface area contributed by atoms with Crippen LogP contribution in [0, 0.1) is 6.92 Å². The number of nitrogens with one attached hydrogen (secondary N) is 2. The van der Waals surface area contributed by atoms with Gasteiger partial charge in [-0.1, -0.05) is 29.8 Å². The van der Waals surface area contributed by atoms with E-state index in [-0.39, 0.29) is 30.0 Å². The second-order valence-electron chi connectivity index (χ2n) is 6.95. The Hall–Kier alpha value is -1.72. The third kappa shape index (κ3) is 6.93. The van der Waals surface area contributed by atoms with Crippen molar-refractivity contribution in [2.75, 3.05) is 39.4 Å². The Kier molecular flexibility index (Phi) is 9.82. The van der Waals surface area contributed by atoms with Crippen LogP contribution in [0.1, 0.15) is 29.9 Å². The van der Waals surface area contributed by atoms with Gasteiger partial charge in [0.25, 0.3) is 0 Å². The number of rotatable bonds is 7. The molecule has 3 rings (SSSR count). The lowest BCUT2D eigenvalue weighted by Gasteiger charge is -2.35. The van der Waals surface area contributed by atoms with Gasteiger partial charge in [-0.25, -0.2) is 9.98 Å². The van der Waals surface area contributed by atoms with Crippen molar-refractivity contribution in [3.63, 3.8) is 0 Å². The summed E-state index contributed by atoms with van der Waals surface area (Å²) in [5.41, 5.74) is 2.58. The number of aromatic nitrogens is 3. The van der Waals surface area contributed by atoms with Crippen molar-refractivity contribution in [3.8, 4) is 0 Å². The maximum absolute atomic E-state index is 5.55. The Labute approximate surface area is 190 Å². The molecule has 8 nitrogen and oxygen atoms in total. The number of morpholine rings is 1. The molecule has 1 aromatic carbocycles. The number of benzene rings is 1. The molecule has 2 heterocycles. The van der Waals surface area contributed by atoms with E-state index in [0.29, 0.717) is 6.54 Å². The van der Waals surface area contributed by atoms with Gasteiger partial charge in [-0.3, -0.25) is 9.58 Å². The Morgan fingerprint density at radius 3 is 2.55 bits per heavy atom. The van der Waals surface area contributed by atoms with Gasteiger partial charge in [0.05, 0.1) is 19.3 Å². The monoisotopic (exact) mass is 513 g/mol. The molecule has 1 aromatic heterocycles. The molecule has 0 spiro atoms. The summed E-state index contributed by atoms with van der Waals surface area (Å²) in [6.45, 7) is 9.68. The van der Waals surface area contributed by atoms with Crippen molar-refractivity contribution in [3.05, 3.63) is 47.5 Å². The molecule has 1 saturated heterocycles. The van der Waals surface area contributed by atoms with Crippen molar-refractivity contribution in [1.29, 1.82) is 0 Å². The lowest BCUT2D eigenvalue weighted by molar-refractivity contribution is 0.0170. The Morgan fingerprint density at radius 1 is 1.21 bits per heavy atom. The van der Waals surface area contributed by atoms with Gasteiger partial charge in [-0.05, 0) is 19.4 Å². The van der Waals surface area contributed by atoms with E-state index in [4.69, 9.17) is 4.74 Å². The van der Waals surface area contributed by atoms with Crippen molar-refractivity contribution < 1.29 is 4.74 Å². The van der Waals surface area contributed by atoms with Crippen LogP contribution in [0.4, 0.5) is 0 Å². The zero-order valence-electron chi connectivity index (χ0n) is 17.5. The molecule has 0 bridgehead atoms. The SMILES string of the molecule is CCNC(=NCc1ncnn1C)NCC(c1ccc(C)cc1)N1CCOCC1.I. The van der Waals surface area contributed by atoms with Crippen LogP contribution in [0.15, 0.2) is 35.6 Å². The fourth-order valence-electron chi connectivity index (χ4n) is 3.28. The molecule has 2 N–H and O–H groups in total. The summed E-state index contributed by atoms with van der Waals surface area (Å²) in [5, 5.41) is 10.9. The Bertz CT molecular complexity index is 756. The van der Waals surface area contributed by atoms with Crippen LogP contribution in [-0.4, -0.2) is 65.0 Å². The van der Waals surface area contributed by atoms with Crippen molar-refractivity contribution in [1.82, 2.24) is 30.3 Å². The first-order chi connectivity index (χ1) is 13.7. The minimum absolute atomic E-state index is 0. The third-order valence-electron chi connectivity index (χ3n) is 4.94. The minimum atomic E-state index is 0. The number of aryl methyl sites for hydroxylation is 2. The smallest absolute Gasteiger partial charge is 0.191 e. The molecule has 0 aliphatic carbocycles. The number of hydrogen-bond donors (Lipinski definition) is 2. The van der Waals surface area contributed by atoms with Crippen LogP contribution in [-0.2, 0) is 18.3 Å². The molecule has 1 aliphatic heterocycles. The van der Waals surface area contributed by atoms with Crippen molar-refractivity contribution in [2.24, 2.45) is 12.0 Å². The first-order valence-electron chi connectivity index (χ1n) is 9.90. The molecular formula is C20H32IN7O. The second-order valence-corrected chi connectivity index (χ2v) is 6.95. The number of hydrogen-bond acceptors (Lipinski definition) is 5. The summed E-state index contributed by atoms with van der Waals surface area (Å²) in [6.07, 6.45) is 1.55. The normalized spacial score (nSPS) is 16.2. The molecular weight excluding hydrogens is 481 g/mol. The average Bonchev–Trinajstić information content (AvgIpc) is 3.13. The van der Waals surface area contributed by atoms with E-state index in [1.54, 1.807) is 11.0 Å². The summed E-state index contributed by atoms with van der Waals surface area (Å²) in [5.74, 6) is 1.62. The van der Waals surface area contributed by atoms with Crippen LogP contribution in [0.5, 0.6) is 0 Å². The van der Waals surface area contributed by atoms with E-state index < -0.39 is 0 Å². The molecule has 160 valence electrons. The highest BCUT2D eigenvalue weighted by Crippen LogP contribution is 2.21. The van der Waals surface area contributed by atoms with Crippen molar-refractivity contribution >= 4 is 29.9 Å². The molecule has 1 atom stereocenters. The van der Waals surface area contributed by atoms with Gasteiger partial charge in [0.15, 0.2) is 5.96 Å². The highest BCUT2D eigenvalue weighted by molar-refractivity contribution is 14.0. The number of aliphatic imine (C=N–C) groups is 1. The van der Waals surface area contributed by atoms with Crippen LogP contribution < -0.4 is 10.6 Å². The zero-order valence-corrected chi connectivity index (χ0v) is 19.8. The fraction of sp³-hybridized carbons (Fsp3) is 0.550. The Morgan fingerprint density at radius 2 is 1.93 bits per heavy atom. The van der Waals surface area contributed by atoms with E-state index in [0.717, 1.165) is 51.2 Å². The number of ether oxygens (including phenoxy) is 1. The molecule has 0 saturated carbocycles. The second kappa shape index (κ2) is 12.1. The summed E-state index contributed by atoms with van der Waals surface area (Å²) in [4.78, 5) is 11.4. The number of nitrogens with zero attached hydrogens (tertiary/aromatic N) is 5. The van der Waals surface area contributed by atoms with Gasteiger partial charge in [-0.2, -0.15) is 5.10 Å². The van der Waals surface area contributed by atoms with Gasteiger partial charge < -0.3 is 15.4 Å². The largest absolute Gasteiger partial charge is 0.379 e. The summed E-state index contributed by atoms with van der Waals surface area (Å²) < 4.78 is 7.29. The Balaban J connectivity index is 0.00000300. The summed E-state index contributed by atoms with van der Waals surface area (Å²) >= 11 is 0. The van der Waals surface area contributed by atoms with Crippen LogP contribution in [0.3, 0.4) is 0 Å². The lowest BCUT2D eigenvalue weighted by atomic mass is 10.0. The molecule has 2 aromatic rings. The molecule has 1 fully saturated rings. The van der Waals surface area contributed by atoms with Gasteiger partial charge >= 0.3 is 0 Å². The fourth-order valence-corrected chi connectivity index (χ4v) is 3.28. The topological polar surface area (TPSA) is 79.6 Å². The average molecular weight is 513 g/mol. The first kappa shape index (κ1) is 23.6. The highest BCUT2D eigenvalue weighted by atomic mass is 127. The highest BCUT2D eigenvalue weighted by Gasteiger charge is 2.22. The number of guanidine groups is 1. The van der Waals surface area contributed by atoms with Crippen LogP contribution in [0.25, 0.3) is 0 Å². The predicted octanol–water partition coefficient (Wildman–Crippen LogP) is 1.87. The molecule has 0 amide bonds. The quantitative estimate of drug-likeness (QED) is 0.335.